The van der Waals surface area contributed by atoms with E-state index in [1.165, 1.54) is 0 Å². The van der Waals surface area contributed by atoms with Gasteiger partial charge in [0.05, 0.1) is 5.69 Å². The standard InChI is InChI=1S/C17H20Cl2N4O/c1-13-5-6-23(20-13)12-17(24)22-9-7-21(8-10-22)11-14-15(18)3-2-4-16(14)19/h2-6H,7-12H2,1H3. The van der Waals surface area contributed by atoms with Crippen molar-refractivity contribution in [3.05, 3.63) is 51.8 Å². The smallest absolute Gasteiger partial charge is 0.244 e. The molecule has 1 aliphatic rings. The largest absolute Gasteiger partial charge is 0.339 e. The van der Waals surface area contributed by atoms with Crippen LogP contribution in [0.1, 0.15) is 11.3 Å². The van der Waals surface area contributed by atoms with Crippen LogP contribution in [0.2, 0.25) is 10.0 Å². The highest BCUT2D eigenvalue weighted by molar-refractivity contribution is 6.35. The Balaban J connectivity index is 1.53. The molecule has 1 aromatic carbocycles. The van der Waals surface area contributed by atoms with Gasteiger partial charge in [-0.25, -0.2) is 0 Å². The van der Waals surface area contributed by atoms with Gasteiger partial charge < -0.3 is 4.90 Å². The van der Waals surface area contributed by atoms with Gasteiger partial charge >= 0.3 is 0 Å². The van der Waals surface area contributed by atoms with Gasteiger partial charge in [0.1, 0.15) is 6.54 Å². The number of hydrogen-bond donors (Lipinski definition) is 0. The predicted molar refractivity (Wildman–Crippen MR) is 95.3 cm³/mol. The molecule has 1 saturated heterocycles. The second-order valence-corrected chi connectivity index (χ2v) is 6.83. The van der Waals surface area contributed by atoms with E-state index in [0.29, 0.717) is 36.2 Å². The van der Waals surface area contributed by atoms with E-state index >= 15 is 0 Å². The first-order valence-corrected chi connectivity index (χ1v) is 8.71. The van der Waals surface area contributed by atoms with Gasteiger partial charge in [-0.3, -0.25) is 14.4 Å². The van der Waals surface area contributed by atoms with Crippen molar-refractivity contribution in [2.75, 3.05) is 26.2 Å². The number of hydrogen-bond acceptors (Lipinski definition) is 3. The molecule has 128 valence electrons. The number of amides is 1. The van der Waals surface area contributed by atoms with Crippen LogP contribution < -0.4 is 0 Å². The van der Waals surface area contributed by atoms with Crippen LogP contribution in [-0.4, -0.2) is 51.7 Å². The highest BCUT2D eigenvalue weighted by Crippen LogP contribution is 2.26. The lowest BCUT2D eigenvalue weighted by Crippen LogP contribution is -2.49. The van der Waals surface area contributed by atoms with Crippen molar-refractivity contribution >= 4 is 29.1 Å². The van der Waals surface area contributed by atoms with Crippen molar-refractivity contribution in [3.63, 3.8) is 0 Å². The van der Waals surface area contributed by atoms with Gasteiger partial charge in [-0.2, -0.15) is 5.10 Å². The van der Waals surface area contributed by atoms with E-state index in [-0.39, 0.29) is 5.91 Å². The average Bonchev–Trinajstić information content (AvgIpc) is 2.96. The summed E-state index contributed by atoms with van der Waals surface area (Å²) in [5.41, 5.74) is 1.87. The van der Waals surface area contributed by atoms with Crippen LogP contribution in [-0.2, 0) is 17.9 Å². The molecule has 0 N–H and O–H groups in total. The quantitative estimate of drug-likeness (QED) is 0.835. The zero-order chi connectivity index (χ0) is 17.1. The highest BCUT2D eigenvalue weighted by atomic mass is 35.5. The molecule has 0 saturated carbocycles. The number of rotatable bonds is 4. The van der Waals surface area contributed by atoms with Crippen LogP contribution in [0.3, 0.4) is 0 Å². The van der Waals surface area contributed by atoms with Crippen LogP contribution in [0.5, 0.6) is 0 Å². The van der Waals surface area contributed by atoms with Crippen molar-refractivity contribution in [1.29, 1.82) is 0 Å². The molecule has 2 heterocycles. The van der Waals surface area contributed by atoms with Crippen LogP contribution in [0.15, 0.2) is 30.5 Å². The lowest BCUT2D eigenvalue weighted by molar-refractivity contribution is -0.133. The molecule has 1 amide bonds. The van der Waals surface area contributed by atoms with Crippen LogP contribution in [0.25, 0.3) is 0 Å². The van der Waals surface area contributed by atoms with Crippen molar-refractivity contribution in [2.45, 2.75) is 20.0 Å². The lowest BCUT2D eigenvalue weighted by Gasteiger charge is -2.35. The summed E-state index contributed by atoms with van der Waals surface area (Å²) in [4.78, 5) is 16.5. The number of halogens is 2. The van der Waals surface area contributed by atoms with Gasteiger partial charge in [-0.1, -0.05) is 29.3 Å². The summed E-state index contributed by atoms with van der Waals surface area (Å²) < 4.78 is 1.69. The highest BCUT2D eigenvalue weighted by Gasteiger charge is 2.22. The molecular weight excluding hydrogens is 347 g/mol. The maximum absolute atomic E-state index is 12.4. The zero-order valence-corrected chi connectivity index (χ0v) is 15.1. The third-order valence-corrected chi connectivity index (χ3v) is 4.95. The minimum Gasteiger partial charge on any atom is -0.339 e. The molecule has 1 aromatic heterocycles. The van der Waals surface area contributed by atoms with Crippen molar-refractivity contribution in [3.8, 4) is 0 Å². The molecule has 7 heteroatoms. The van der Waals surface area contributed by atoms with Gasteiger partial charge in [-0.15, -0.1) is 0 Å². The Kier molecular flexibility index (Phi) is 5.43. The Labute approximate surface area is 151 Å². The Morgan fingerprint density at radius 2 is 1.79 bits per heavy atom. The van der Waals surface area contributed by atoms with Crippen LogP contribution in [0, 0.1) is 6.92 Å². The number of carbonyl (C=O) groups is 1. The molecule has 24 heavy (non-hydrogen) atoms. The lowest BCUT2D eigenvalue weighted by atomic mass is 10.2. The molecule has 0 unspecified atom stereocenters. The minimum atomic E-state index is 0.105. The first-order chi connectivity index (χ1) is 11.5. The second-order valence-electron chi connectivity index (χ2n) is 6.01. The van der Waals surface area contributed by atoms with Gasteiger partial charge in [0.25, 0.3) is 0 Å². The number of nitrogens with zero attached hydrogens (tertiary/aromatic N) is 4. The first-order valence-electron chi connectivity index (χ1n) is 7.96. The number of carbonyl (C=O) groups excluding carboxylic acids is 1. The maximum Gasteiger partial charge on any atom is 0.244 e. The molecule has 5 nitrogen and oxygen atoms in total. The van der Waals surface area contributed by atoms with Gasteiger partial charge in [0.2, 0.25) is 5.91 Å². The summed E-state index contributed by atoms with van der Waals surface area (Å²) in [6.45, 7) is 5.96. The van der Waals surface area contributed by atoms with E-state index in [1.807, 2.05) is 42.3 Å². The Morgan fingerprint density at radius 3 is 2.38 bits per heavy atom. The summed E-state index contributed by atoms with van der Waals surface area (Å²) in [6.07, 6.45) is 1.84. The Morgan fingerprint density at radius 1 is 1.12 bits per heavy atom. The topological polar surface area (TPSA) is 41.4 Å². The molecule has 1 fully saturated rings. The Bertz CT molecular complexity index is 703. The fraction of sp³-hybridized carbons (Fsp3) is 0.412. The summed E-state index contributed by atoms with van der Waals surface area (Å²) in [5.74, 6) is 0.105. The summed E-state index contributed by atoms with van der Waals surface area (Å²) in [5, 5.41) is 5.64. The predicted octanol–water partition coefficient (Wildman–Crippen LogP) is 2.84. The molecule has 3 rings (SSSR count). The number of aromatic nitrogens is 2. The summed E-state index contributed by atoms with van der Waals surface area (Å²) >= 11 is 12.5. The monoisotopic (exact) mass is 366 g/mol. The van der Waals surface area contributed by atoms with Gasteiger partial charge in [-0.05, 0) is 25.1 Å². The van der Waals surface area contributed by atoms with E-state index in [1.54, 1.807) is 4.68 Å². The molecule has 0 aliphatic carbocycles. The zero-order valence-electron chi connectivity index (χ0n) is 13.6. The van der Waals surface area contributed by atoms with Crippen molar-refractivity contribution in [2.24, 2.45) is 0 Å². The van der Waals surface area contributed by atoms with Crippen molar-refractivity contribution < 1.29 is 4.79 Å². The third kappa shape index (κ3) is 4.09. The molecule has 2 aromatic rings. The van der Waals surface area contributed by atoms with E-state index in [9.17, 15) is 4.79 Å². The molecule has 0 bridgehead atoms. The molecular formula is C17H20Cl2N4O. The van der Waals surface area contributed by atoms with E-state index in [2.05, 4.69) is 10.00 Å². The molecule has 1 aliphatic heterocycles. The fourth-order valence-corrected chi connectivity index (χ4v) is 3.37. The third-order valence-electron chi connectivity index (χ3n) is 4.24. The number of aryl methyl sites for hydroxylation is 1. The summed E-state index contributed by atoms with van der Waals surface area (Å²) in [6, 6.07) is 7.46. The molecule has 0 atom stereocenters. The molecule has 0 radical (unpaired) electrons. The SMILES string of the molecule is Cc1ccn(CC(=O)N2CCN(Cc3c(Cl)cccc3Cl)CC2)n1. The maximum atomic E-state index is 12.4. The number of benzene rings is 1. The average molecular weight is 367 g/mol. The first kappa shape index (κ1) is 17.3. The van der Waals surface area contributed by atoms with Gasteiger partial charge in [0, 0.05) is 54.5 Å². The van der Waals surface area contributed by atoms with Crippen LogP contribution in [0.4, 0.5) is 0 Å². The van der Waals surface area contributed by atoms with Gasteiger partial charge in [0.15, 0.2) is 0 Å². The van der Waals surface area contributed by atoms with Crippen molar-refractivity contribution in [1.82, 2.24) is 19.6 Å². The second kappa shape index (κ2) is 7.55. The van der Waals surface area contributed by atoms with E-state index < -0.39 is 0 Å². The minimum absolute atomic E-state index is 0.105. The Hall–Kier alpha value is -1.56. The van der Waals surface area contributed by atoms with E-state index in [0.717, 1.165) is 24.3 Å². The molecule has 0 spiro atoms. The summed E-state index contributed by atoms with van der Waals surface area (Å²) in [7, 11) is 0. The van der Waals surface area contributed by atoms with E-state index in [4.69, 9.17) is 23.2 Å². The fourth-order valence-electron chi connectivity index (χ4n) is 2.85. The number of piperazine rings is 1. The van der Waals surface area contributed by atoms with Crippen LogP contribution >= 0.6 is 23.2 Å². The normalized spacial score (nSPS) is 15.7.